The van der Waals surface area contributed by atoms with Crippen LogP contribution >= 0.6 is 0 Å². The minimum Gasteiger partial charge on any atom is -0.481 e. The van der Waals surface area contributed by atoms with Crippen LogP contribution in [-0.2, 0) is 20.9 Å². The van der Waals surface area contributed by atoms with Crippen molar-refractivity contribution in [2.45, 2.75) is 71.6 Å². The SMILES string of the molecule is CC(C)C[C@@H](C(=O)N[C@H](C)CC(=O)O)N1C(=O)N(Cc2ccc(C=Cc3ccccc3)cc2)C(C)(C)C1=O. The summed E-state index contributed by atoms with van der Waals surface area (Å²) < 4.78 is 0. The van der Waals surface area contributed by atoms with E-state index in [1.807, 2.05) is 80.6 Å². The molecule has 1 saturated heterocycles. The maximum atomic E-state index is 13.6. The lowest BCUT2D eigenvalue weighted by atomic mass is 9.99. The highest BCUT2D eigenvalue weighted by molar-refractivity contribution is 6.09. The number of nitrogens with zero attached hydrogens (tertiary/aromatic N) is 2. The van der Waals surface area contributed by atoms with Crippen molar-refractivity contribution in [2.75, 3.05) is 0 Å². The summed E-state index contributed by atoms with van der Waals surface area (Å²) in [6.07, 6.45) is 4.05. The second-order valence-corrected chi connectivity index (χ2v) is 10.7. The largest absolute Gasteiger partial charge is 0.481 e. The molecule has 38 heavy (non-hydrogen) atoms. The van der Waals surface area contributed by atoms with Crippen LogP contribution in [0.3, 0.4) is 0 Å². The molecule has 0 unspecified atom stereocenters. The van der Waals surface area contributed by atoms with Gasteiger partial charge in [-0.05, 0) is 49.8 Å². The van der Waals surface area contributed by atoms with E-state index < -0.39 is 41.4 Å². The fourth-order valence-corrected chi connectivity index (χ4v) is 4.51. The zero-order chi connectivity index (χ0) is 28.0. The predicted molar refractivity (Wildman–Crippen MR) is 147 cm³/mol. The molecule has 0 spiro atoms. The van der Waals surface area contributed by atoms with E-state index in [0.717, 1.165) is 21.6 Å². The van der Waals surface area contributed by atoms with Gasteiger partial charge in [0.05, 0.1) is 6.42 Å². The lowest BCUT2D eigenvalue weighted by molar-refractivity contribution is -0.140. The highest BCUT2D eigenvalue weighted by Crippen LogP contribution is 2.32. The number of rotatable bonds is 11. The Morgan fingerprint density at radius 1 is 0.947 bits per heavy atom. The summed E-state index contributed by atoms with van der Waals surface area (Å²) in [7, 11) is 0. The molecule has 4 amide bonds. The van der Waals surface area contributed by atoms with E-state index in [1.165, 1.54) is 4.90 Å². The monoisotopic (exact) mass is 519 g/mol. The number of imide groups is 1. The van der Waals surface area contributed by atoms with Gasteiger partial charge in [0.25, 0.3) is 5.91 Å². The molecule has 2 atom stereocenters. The maximum Gasteiger partial charge on any atom is 0.328 e. The number of urea groups is 1. The van der Waals surface area contributed by atoms with Crippen molar-refractivity contribution in [1.82, 2.24) is 15.1 Å². The topological polar surface area (TPSA) is 107 Å². The maximum absolute atomic E-state index is 13.6. The summed E-state index contributed by atoms with van der Waals surface area (Å²) in [5.41, 5.74) is 1.81. The second kappa shape index (κ2) is 12.1. The van der Waals surface area contributed by atoms with Crippen molar-refractivity contribution < 1.29 is 24.3 Å². The molecule has 0 saturated carbocycles. The van der Waals surface area contributed by atoms with E-state index in [1.54, 1.807) is 20.8 Å². The Balaban J connectivity index is 1.78. The van der Waals surface area contributed by atoms with Gasteiger partial charge in [-0.1, -0.05) is 80.6 Å². The molecule has 202 valence electrons. The Morgan fingerprint density at radius 3 is 2.08 bits per heavy atom. The molecule has 0 radical (unpaired) electrons. The van der Waals surface area contributed by atoms with Crippen LogP contribution in [0, 0.1) is 5.92 Å². The molecule has 2 aromatic rings. The number of benzene rings is 2. The molecule has 0 bridgehead atoms. The van der Waals surface area contributed by atoms with Gasteiger partial charge in [-0.3, -0.25) is 14.4 Å². The molecule has 2 N–H and O–H groups in total. The van der Waals surface area contributed by atoms with E-state index >= 15 is 0 Å². The van der Waals surface area contributed by atoms with Crippen LogP contribution in [0.4, 0.5) is 4.79 Å². The molecule has 0 aliphatic carbocycles. The Hall–Kier alpha value is -3.94. The fourth-order valence-electron chi connectivity index (χ4n) is 4.51. The van der Waals surface area contributed by atoms with Crippen molar-refractivity contribution in [2.24, 2.45) is 5.92 Å². The minimum atomic E-state index is -1.15. The van der Waals surface area contributed by atoms with Gasteiger partial charge in [0.2, 0.25) is 5.91 Å². The highest BCUT2D eigenvalue weighted by atomic mass is 16.4. The minimum absolute atomic E-state index is 0.0229. The Morgan fingerprint density at radius 2 is 1.53 bits per heavy atom. The fraction of sp³-hybridized carbons (Fsp3) is 0.400. The van der Waals surface area contributed by atoms with Gasteiger partial charge in [-0.2, -0.15) is 0 Å². The van der Waals surface area contributed by atoms with Crippen molar-refractivity contribution >= 4 is 36.0 Å². The molecule has 1 aliphatic rings. The molecule has 1 fully saturated rings. The average molecular weight is 520 g/mol. The van der Waals surface area contributed by atoms with Crippen LogP contribution in [0.25, 0.3) is 12.2 Å². The summed E-state index contributed by atoms with van der Waals surface area (Å²) in [4.78, 5) is 53.8. The Bertz CT molecular complexity index is 1190. The zero-order valence-electron chi connectivity index (χ0n) is 22.7. The first kappa shape index (κ1) is 28.6. The lowest BCUT2D eigenvalue weighted by Crippen LogP contribution is -2.53. The van der Waals surface area contributed by atoms with Crippen LogP contribution in [-0.4, -0.2) is 56.3 Å². The number of amides is 4. The zero-order valence-corrected chi connectivity index (χ0v) is 22.7. The smallest absolute Gasteiger partial charge is 0.328 e. The van der Waals surface area contributed by atoms with Gasteiger partial charge in [0.1, 0.15) is 11.6 Å². The third kappa shape index (κ3) is 6.88. The lowest BCUT2D eigenvalue weighted by Gasteiger charge is -2.28. The van der Waals surface area contributed by atoms with E-state index in [0.29, 0.717) is 0 Å². The Kier molecular flexibility index (Phi) is 9.09. The van der Waals surface area contributed by atoms with Crippen LogP contribution in [0.15, 0.2) is 54.6 Å². The number of carbonyl (C=O) groups is 4. The van der Waals surface area contributed by atoms with E-state index in [4.69, 9.17) is 5.11 Å². The van der Waals surface area contributed by atoms with E-state index in [9.17, 15) is 19.2 Å². The molecule has 8 heteroatoms. The number of carboxylic acids is 1. The third-order valence-electron chi connectivity index (χ3n) is 6.62. The number of carbonyl (C=O) groups excluding carboxylic acids is 3. The normalized spacial score (nSPS) is 16.8. The quantitative estimate of drug-likeness (QED) is 0.328. The number of carboxylic acid groups (broad SMARTS) is 1. The summed E-state index contributed by atoms with van der Waals surface area (Å²) in [5.74, 6) is -1.99. The first-order valence-electron chi connectivity index (χ1n) is 12.9. The molecule has 1 heterocycles. The number of aliphatic carboxylic acids is 1. The molecular weight excluding hydrogens is 482 g/mol. The van der Waals surface area contributed by atoms with E-state index in [-0.39, 0.29) is 25.3 Å². The summed E-state index contributed by atoms with van der Waals surface area (Å²) in [6, 6.07) is 15.5. The first-order valence-corrected chi connectivity index (χ1v) is 12.9. The molecule has 3 rings (SSSR count). The van der Waals surface area contributed by atoms with Gasteiger partial charge in [0, 0.05) is 12.6 Å². The van der Waals surface area contributed by atoms with Gasteiger partial charge in [0.15, 0.2) is 0 Å². The highest BCUT2D eigenvalue weighted by Gasteiger charge is 2.54. The Labute approximate surface area is 224 Å². The van der Waals surface area contributed by atoms with Gasteiger partial charge in [-0.25, -0.2) is 9.69 Å². The predicted octanol–water partition coefficient (Wildman–Crippen LogP) is 4.79. The summed E-state index contributed by atoms with van der Waals surface area (Å²) in [5, 5.41) is 11.7. The van der Waals surface area contributed by atoms with E-state index in [2.05, 4.69) is 5.32 Å². The van der Waals surface area contributed by atoms with Crippen LogP contribution in [0.1, 0.15) is 64.2 Å². The van der Waals surface area contributed by atoms with Crippen LogP contribution < -0.4 is 5.32 Å². The third-order valence-corrected chi connectivity index (χ3v) is 6.62. The number of hydrogen-bond acceptors (Lipinski definition) is 4. The van der Waals surface area contributed by atoms with Gasteiger partial charge >= 0.3 is 12.0 Å². The van der Waals surface area contributed by atoms with Crippen molar-refractivity contribution in [1.29, 1.82) is 0 Å². The molecule has 8 nitrogen and oxygen atoms in total. The summed E-state index contributed by atoms with van der Waals surface area (Å²) in [6.45, 7) is 8.97. The number of hydrogen-bond donors (Lipinski definition) is 2. The van der Waals surface area contributed by atoms with Crippen molar-refractivity contribution in [3.8, 4) is 0 Å². The van der Waals surface area contributed by atoms with Crippen LogP contribution in [0.5, 0.6) is 0 Å². The van der Waals surface area contributed by atoms with Gasteiger partial charge in [-0.15, -0.1) is 0 Å². The van der Waals surface area contributed by atoms with Crippen molar-refractivity contribution in [3.05, 3.63) is 71.3 Å². The molecule has 2 aromatic carbocycles. The van der Waals surface area contributed by atoms with Crippen molar-refractivity contribution in [3.63, 3.8) is 0 Å². The number of nitrogens with one attached hydrogen (secondary N) is 1. The van der Waals surface area contributed by atoms with Gasteiger partial charge < -0.3 is 15.3 Å². The standard InChI is InChI=1S/C30H37N3O5/c1-20(2)17-25(27(36)31-21(3)18-26(34)35)33-28(37)30(4,5)32(29(33)38)19-24-15-13-23(14-16-24)12-11-22-9-7-6-8-10-22/h6-16,20-21,25H,17-19H2,1-5H3,(H,31,36)(H,34,35)/t21-,25+/m1/s1. The first-order chi connectivity index (χ1) is 17.9. The second-order valence-electron chi connectivity index (χ2n) is 10.7. The molecule has 0 aromatic heterocycles. The summed E-state index contributed by atoms with van der Waals surface area (Å²) >= 11 is 0. The van der Waals surface area contributed by atoms with Crippen LogP contribution in [0.2, 0.25) is 0 Å². The molecular formula is C30H37N3O5. The molecule has 1 aliphatic heterocycles. The average Bonchev–Trinajstić information content (AvgIpc) is 3.01.